The third-order valence-electron chi connectivity index (χ3n) is 3.46. The highest BCUT2D eigenvalue weighted by Gasteiger charge is 2.31. The van der Waals surface area contributed by atoms with E-state index in [-0.39, 0.29) is 34.0 Å². The Morgan fingerprint density at radius 1 is 1.15 bits per heavy atom. The quantitative estimate of drug-likeness (QED) is 0.749. The summed E-state index contributed by atoms with van der Waals surface area (Å²) in [5.41, 5.74) is -1.19. The molecule has 0 spiro atoms. The molecule has 3 rings (SSSR count). The second-order valence-electron chi connectivity index (χ2n) is 5.18. The number of halogens is 3. The summed E-state index contributed by atoms with van der Waals surface area (Å²) in [5, 5.41) is 9.20. The zero-order valence-corrected chi connectivity index (χ0v) is 13.2. The van der Waals surface area contributed by atoms with Crippen LogP contribution in [0.3, 0.4) is 0 Å². The molecule has 0 aliphatic rings. The molecule has 0 aliphatic carbocycles. The molecule has 0 bridgehead atoms. The molecule has 134 valence electrons. The highest BCUT2D eigenvalue weighted by atomic mass is 19.4. The van der Waals surface area contributed by atoms with Crippen LogP contribution in [0.25, 0.3) is 10.9 Å². The van der Waals surface area contributed by atoms with Gasteiger partial charge in [-0.15, -0.1) is 0 Å². The molecule has 1 N–H and O–H groups in total. The summed E-state index contributed by atoms with van der Waals surface area (Å²) in [6, 6.07) is 6.74. The van der Waals surface area contributed by atoms with Gasteiger partial charge >= 0.3 is 12.1 Å². The molecule has 2 heterocycles. The number of ether oxygens (including phenoxy) is 2. The first kappa shape index (κ1) is 17.5. The van der Waals surface area contributed by atoms with E-state index in [9.17, 15) is 23.1 Å². The molecule has 0 aliphatic heterocycles. The molecular weight excluding hydrogens is 353 g/mol. The van der Waals surface area contributed by atoms with Crippen LogP contribution >= 0.6 is 0 Å². The number of fused-ring (bicyclic) bond motifs is 1. The van der Waals surface area contributed by atoms with Crippen molar-refractivity contribution >= 4 is 16.9 Å². The second kappa shape index (κ2) is 6.51. The largest absolute Gasteiger partial charge is 0.481 e. The van der Waals surface area contributed by atoms with Crippen LogP contribution in [0, 0.1) is 0 Å². The highest BCUT2D eigenvalue weighted by Crippen LogP contribution is 2.36. The number of methoxy groups -OCH3 is 1. The van der Waals surface area contributed by atoms with Crippen LogP contribution in [0.1, 0.15) is 16.1 Å². The average molecular weight is 364 g/mol. The molecule has 26 heavy (non-hydrogen) atoms. The van der Waals surface area contributed by atoms with Crippen molar-refractivity contribution in [1.82, 2.24) is 9.97 Å². The van der Waals surface area contributed by atoms with Gasteiger partial charge in [-0.1, -0.05) is 0 Å². The van der Waals surface area contributed by atoms with Gasteiger partial charge in [0.25, 0.3) is 0 Å². The summed E-state index contributed by atoms with van der Waals surface area (Å²) in [4.78, 5) is 19.0. The number of rotatable bonds is 4. The Bertz CT molecular complexity index is 989. The maximum absolute atomic E-state index is 13.0. The molecule has 0 unspecified atom stereocenters. The fourth-order valence-corrected chi connectivity index (χ4v) is 2.26. The van der Waals surface area contributed by atoms with Crippen molar-refractivity contribution in [2.24, 2.45) is 0 Å². The zero-order chi connectivity index (χ0) is 18.9. The Hall–Kier alpha value is -3.36. The van der Waals surface area contributed by atoms with Crippen molar-refractivity contribution in [2.45, 2.75) is 6.18 Å². The summed E-state index contributed by atoms with van der Waals surface area (Å²) < 4.78 is 49.6. The Morgan fingerprint density at radius 2 is 1.92 bits per heavy atom. The van der Waals surface area contributed by atoms with Crippen molar-refractivity contribution < 1.29 is 32.5 Å². The van der Waals surface area contributed by atoms with Gasteiger partial charge in [-0.05, 0) is 24.3 Å². The van der Waals surface area contributed by atoms with E-state index in [4.69, 9.17) is 9.47 Å². The smallest absolute Gasteiger partial charge is 0.416 e. The van der Waals surface area contributed by atoms with Gasteiger partial charge in [0.05, 0.1) is 18.2 Å². The first-order valence-electron chi connectivity index (χ1n) is 7.21. The fraction of sp³-hybridized carbons (Fsp3) is 0.118. The third kappa shape index (κ3) is 3.51. The van der Waals surface area contributed by atoms with Crippen LogP contribution in [0.4, 0.5) is 13.2 Å². The van der Waals surface area contributed by atoms with Crippen LogP contribution in [0.15, 0.2) is 42.6 Å². The number of benzene rings is 1. The maximum atomic E-state index is 13.0. The van der Waals surface area contributed by atoms with Crippen molar-refractivity contribution in [3.63, 3.8) is 0 Å². The van der Waals surface area contributed by atoms with E-state index in [1.54, 1.807) is 0 Å². The number of pyridine rings is 2. The number of carbonyl (C=O) groups is 1. The van der Waals surface area contributed by atoms with Gasteiger partial charge in [-0.3, -0.25) is 0 Å². The number of aromatic carboxylic acids is 1. The van der Waals surface area contributed by atoms with E-state index in [0.717, 1.165) is 24.3 Å². The van der Waals surface area contributed by atoms with Gasteiger partial charge in [0.2, 0.25) is 5.88 Å². The lowest BCUT2D eigenvalue weighted by molar-refractivity contribution is -0.137. The Labute approximate surface area is 144 Å². The van der Waals surface area contributed by atoms with Gasteiger partial charge in [0.1, 0.15) is 11.5 Å². The molecule has 0 saturated carbocycles. The number of carboxylic acid groups (broad SMARTS) is 1. The van der Waals surface area contributed by atoms with Gasteiger partial charge in [0, 0.05) is 23.7 Å². The number of hydrogen-bond acceptors (Lipinski definition) is 5. The highest BCUT2D eigenvalue weighted by molar-refractivity contribution is 5.93. The molecule has 0 fully saturated rings. The summed E-state index contributed by atoms with van der Waals surface area (Å²) >= 11 is 0. The predicted octanol–water partition coefficient (Wildman–Crippen LogP) is 4.15. The molecule has 0 radical (unpaired) electrons. The third-order valence-corrected chi connectivity index (χ3v) is 3.46. The lowest BCUT2D eigenvalue weighted by Gasteiger charge is -2.13. The van der Waals surface area contributed by atoms with Crippen LogP contribution < -0.4 is 9.47 Å². The lowest BCUT2D eigenvalue weighted by Crippen LogP contribution is -2.06. The van der Waals surface area contributed by atoms with Crippen LogP contribution in [-0.4, -0.2) is 28.2 Å². The van der Waals surface area contributed by atoms with E-state index in [2.05, 4.69) is 9.97 Å². The Morgan fingerprint density at radius 3 is 2.58 bits per heavy atom. The maximum Gasteiger partial charge on any atom is 0.416 e. The number of alkyl halides is 3. The molecule has 3 aromatic rings. The standard InChI is InChI=1S/C17H11F3N2O4/c1-25-15-7-10(4-5-21-15)26-14-8-13(16(23)24)22-12-3-2-9(6-11(12)14)17(18,19)20/h2-8H,1H3,(H,23,24). The Kier molecular flexibility index (Phi) is 4.37. The number of aromatic nitrogens is 2. The van der Waals surface area contributed by atoms with E-state index in [0.29, 0.717) is 0 Å². The van der Waals surface area contributed by atoms with Crippen molar-refractivity contribution in [1.29, 1.82) is 0 Å². The molecule has 6 nitrogen and oxygen atoms in total. The predicted molar refractivity (Wildman–Crippen MR) is 84.6 cm³/mol. The van der Waals surface area contributed by atoms with Gasteiger partial charge in [-0.2, -0.15) is 13.2 Å². The summed E-state index contributed by atoms with van der Waals surface area (Å²) in [6.07, 6.45) is -3.17. The number of hydrogen-bond donors (Lipinski definition) is 1. The number of carboxylic acids is 1. The Balaban J connectivity index is 2.17. The minimum Gasteiger partial charge on any atom is -0.481 e. The molecule has 0 amide bonds. The minimum absolute atomic E-state index is 0.0283. The van der Waals surface area contributed by atoms with Crippen molar-refractivity contribution in [3.8, 4) is 17.4 Å². The normalized spacial score (nSPS) is 11.4. The minimum atomic E-state index is -4.56. The summed E-state index contributed by atoms with van der Waals surface area (Å²) in [7, 11) is 1.39. The van der Waals surface area contributed by atoms with E-state index in [1.165, 1.54) is 25.4 Å². The van der Waals surface area contributed by atoms with E-state index < -0.39 is 17.7 Å². The molecule has 1 aromatic carbocycles. The number of nitrogens with zero attached hydrogens (tertiary/aromatic N) is 2. The fourth-order valence-electron chi connectivity index (χ4n) is 2.26. The topological polar surface area (TPSA) is 81.5 Å². The first-order chi connectivity index (χ1) is 12.3. The van der Waals surface area contributed by atoms with E-state index in [1.807, 2.05) is 0 Å². The molecule has 0 saturated heterocycles. The van der Waals surface area contributed by atoms with Gasteiger partial charge < -0.3 is 14.6 Å². The zero-order valence-electron chi connectivity index (χ0n) is 13.2. The lowest BCUT2D eigenvalue weighted by atomic mass is 10.1. The monoisotopic (exact) mass is 364 g/mol. The summed E-state index contributed by atoms with van der Waals surface area (Å²) in [5.74, 6) is -0.955. The molecular formula is C17H11F3N2O4. The van der Waals surface area contributed by atoms with Crippen molar-refractivity contribution in [2.75, 3.05) is 7.11 Å². The first-order valence-corrected chi connectivity index (χ1v) is 7.21. The van der Waals surface area contributed by atoms with Gasteiger partial charge in [0.15, 0.2) is 5.69 Å². The van der Waals surface area contributed by atoms with Crippen LogP contribution in [-0.2, 0) is 6.18 Å². The SMILES string of the molecule is COc1cc(Oc2cc(C(=O)O)nc3ccc(C(F)(F)F)cc23)ccn1. The average Bonchev–Trinajstić information content (AvgIpc) is 2.60. The molecule has 0 atom stereocenters. The van der Waals surface area contributed by atoms with E-state index >= 15 is 0 Å². The second-order valence-corrected chi connectivity index (χ2v) is 5.18. The van der Waals surface area contributed by atoms with Crippen LogP contribution in [0.2, 0.25) is 0 Å². The van der Waals surface area contributed by atoms with Crippen molar-refractivity contribution in [3.05, 3.63) is 53.9 Å². The summed E-state index contributed by atoms with van der Waals surface area (Å²) in [6.45, 7) is 0. The van der Waals surface area contributed by atoms with Crippen LogP contribution in [0.5, 0.6) is 17.4 Å². The molecule has 2 aromatic heterocycles. The molecule has 9 heteroatoms. The van der Waals surface area contributed by atoms with Gasteiger partial charge in [-0.25, -0.2) is 14.8 Å².